The van der Waals surface area contributed by atoms with Crippen LogP contribution in [0.5, 0.6) is 0 Å². The third kappa shape index (κ3) is 4.33. The number of hydrogen-bond acceptors (Lipinski definition) is 6. The third-order valence-electron chi connectivity index (χ3n) is 1.88. The van der Waals surface area contributed by atoms with Crippen molar-refractivity contribution >= 4 is 32.0 Å². The number of rotatable bonds is 5. The van der Waals surface area contributed by atoms with Crippen molar-refractivity contribution in [1.29, 1.82) is 0 Å². The van der Waals surface area contributed by atoms with Crippen LogP contribution in [0.25, 0.3) is 0 Å². The molecule has 108 valence electrons. The van der Waals surface area contributed by atoms with Crippen LogP contribution >= 0.6 is 11.3 Å². The summed E-state index contributed by atoms with van der Waals surface area (Å²) in [6.45, 7) is -0.850. The molecule has 0 saturated heterocycles. The van der Waals surface area contributed by atoms with Crippen molar-refractivity contribution in [2.45, 2.75) is 16.8 Å². The van der Waals surface area contributed by atoms with Crippen molar-refractivity contribution < 1.29 is 26.5 Å². The second-order valence-electron chi connectivity index (χ2n) is 3.33. The molecule has 1 aromatic heterocycles. The number of alkyl halides is 3. The van der Waals surface area contributed by atoms with E-state index in [0.717, 1.165) is 0 Å². The Balaban J connectivity index is 2.84. The van der Waals surface area contributed by atoms with Gasteiger partial charge in [-0.2, -0.15) is 13.2 Å². The Bertz CT molecular complexity index is 581. The zero-order valence-electron chi connectivity index (χ0n) is 9.10. The Kier molecular flexibility index (Phi) is 4.37. The number of nitrogens with two attached hydrogens (primary N) is 1. The van der Waals surface area contributed by atoms with E-state index in [1.54, 1.807) is 4.72 Å². The highest BCUT2D eigenvalue weighted by atomic mass is 32.2. The first-order valence-corrected chi connectivity index (χ1v) is 6.93. The van der Waals surface area contributed by atoms with Crippen LogP contribution in [0.4, 0.5) is 23.9 Å². The number of sulfonamides is 1. The average Bonchev–Trinajstić information content (AvgIpc) is 2.58. The number of nitro groups is 1. The first-order chi connectivity index (χ1) is 8.53. The average molecular weight is 319 g/mol. The number of anilines is 1. The third-order valence-corrected chi connectivity index (χ3v) is 4.77. The molecule has 12 heteroatoms. The number of nitrogen functional groups attached to an aromatic ring is 1. The summed E-state index contributed by atoms with van der Waals surface area (Å²) in [6, 6.07) is 0.704. The quantitative estimate of drug-likeness (QED) is 0.630. The number of halogens is 3. The molecule has 0 unspecified atom stereocenters. The number of nitrogens with zero attached hydrogens (tertiary/aromatic N) is 1. The first kappa shape index (κ1) is 15.7. The SMILES string of the molecule is Nc1sc(S(=O)(=O)NCCC(F)(F)F)cc1[N+](=O)[O-]. The second kappa shape index (κ2) is 5.30. The largest absolute Gasteiger partial charge is 0.390 e. The summed E-state index contributed by atoms with van der Waals surface area (Å²) >= 11 is 0.412. The van der Waals surface area contributed by atoms with Crippen molar-refractivity contribution in [2.24, 2.45) is 0 Å². The lowest BCUT2D eigenvalue weighted by molar-refractivity contribution is -0.383. The molecule has 0 aliphatic rings. The smallest absolute Gasteiger partial charge is 0.385 e. The first-order valence-electron chi connectivity index (χ1n) is 4.63. The van der Waals surface area contributed by atoms with E-state index >= 15 is 0 Å². The molecule has 19 heavy (non-hydrogen) atoms. The van der Waals surface area contributed by atoms with Gasteiger partial charge < -0.3 is 5.73 Å². The van der Waals surface area contributed by atoms with Crippen molar-refractivity contribution in [3.63, 3.8) is 0 Å². The summed E-state index contributed by atoms with van der Waals surface area (Å²) in [5.41, 5.74) is 4.65. The molecule has 3 N–H and O–H groups in total. The maximum atomic E-state index is 11.9. The van der Waals surface area contributed by atoms with Crippen molar-refractivity contribution in [3.05, 3.63) is 16.2 Å². The van der Waals surface area contributed by atoms with E-state index in [1.807, 2.05) is 0 Å². The Hall–Kier alpha value is -1.40. The van der Waals surface area contributed by atoms with Gasteiger partial charge in [0, 0.05) is 12.6 Å². The molecule has 0 saturated carbocycles. The standard InChI is InChI=1S/C7H8F3N3O4S2/c8-7(9,10)1-2-12-19(16,17)5-3-4(13(14)15)6(11)18-5/h3,12H,1-2,11H2. The van der Waals surface area contributed by atoms with E-state index in [9.17, 15) is 31.7 Å². The molecule has 0 bridgehead atoms. The fourth-order valence-electron chi connectivity index (χ4n) is 1.05. The Morgan fingerprint density at radius 3 is 2.47 bits per heavy atom. The summed E-state index contributed by atoms with van der Waals surface area (Å²) in [5.74, 6) is 0. The molecule has 0 radical (unpaired) electrons. The molecular formula is C7H8F3N3O4S2. The number of thiophene rings is 1. The molecule has 0 amide bonds. The minimum atomic E-state index is -4.50. The van der Waals surface area contributed by atoms with Gasteiger partial charge in [0.15, 0.2) is 5.00 Å². The Morgan fingerprint density at radius 2 is 2.05 bits per heavy atom. The molecule has 1 aromatic rings. The van der Waals surface area contributed by atoms with Crippen LogP contribution in [0.1, 0.15) is 6.42 Å². The van der Waals surface area contributed by atoms with Crippen LogP contribution in [0, 0.1) is 10.1 Å². The van der Waals surface area contributed by atoms with E-state index in [-0.39, 0.29) is 5.00 Å². The lowest BCUT2D eigenvalue weighted by atomic mass is 10.4. The van der Waals surface area contributed by atoms with Crippen LogP contribution < -0.4 is 10.5 Å². The molecule has 0 aliphatic heterocycles. The fourth-order valence-corrected chi connectivity index (χ4v) is 3.34. The maximum Gasteiger partial charge on any atom is 0.390 e. The summed E-state index contributed by atoms with van der Waals surface area (Å²) in [6.07, 6.45) is -5.84. The predicted octanol–water partition coefficient (Wildman–Crippen LogP) is 1.47. The summed E-state index contributed by atoms with van der Waals surface area (Å²) in [7, 11) is -4.23. The zero-order valence-corrected chi connectivity index (χ0v) is 10.7. The molecule has 0 fully saturated rings. The second-order valence-corrected chi connectivity index (χ2v) is 6.41. The van der Waals surface area contributed by atoms with Gasteiger partial charge in [0.05, 0.1) is 11.3 Å². The fraction of sp³-hybridized carbons (Fsp3) is 0.429. The lowest BCUT2D eigenvalue weighted by Crippen LogP contribution is -2.27. The van der Waals surface area contributed by atoms with Gasteiger partial charge in [0.2, 0.25) is 10.0 Å². The van der Waals surface area contributed by atoms with Gasteiger partial charge in [0.25, 0.3) is 0 Å². The van der Waals surface area contributed by atoms with Gasteiger partial charge in [0.1, 0.15) is 4.21 Å². The van der Waals surface area contributed by atoms with Crippen LogP contribution in [0.3, 0.4) is 0 Å². The van der Waals surface area contributed by atoms with Crippen LogP contribution in [0.15, 0.2) is 10.3 Å². The molecule has 0 aromatic carbocycles. The highest BCUT2D eigenvalue weighted by Gasteiger charge is 2.29. The maximum absolute atomic E-state index is 11.9. The van der Waals surface area contributed by atoms with Gasteiger partial charge >= 0.3 is 11.9 Å². The molecular weight excluding hydrogens is 311 g/mol. The predicted molar refractivity (Wildman–Crippen MR) is 61.2 cm³/mol. The molecule has 0 spiro atoms. The van der Waals surface area contributed by atoms with E-state index in [0.29, 0.717) is 17.4 Å². The highest BCUT2D eigenvalue weighted by Crippen LogP contribution is 2.34. The molecule has 7 nitrogen and oxygen atoms in total. The summed E-state index contributed by atoms with van der Waals surface area (Å²) in [4.78, 5) is 9.60. The number of hydrogen-bond donors (Lipinski definition) is 2. The Labute approximate surface area is 109 Å². The topological polar surface area (TPSA) is 115 Å². The zero-order chi connectivity index (χ0) is 14.8. The van der Waals surface area contributed by atoms with Gasteiger partial charge in [-0.25, -0.2) is 13.1 Å². The lowest BCUT2D eigenvalue weighted by Gasteiger charge is -2.06. The molecule has 1 heterocycles. The van der Waals surface area contributed by atoms with Gasteiger partial charge in [-0.1, -0.05) is 11.3 Å². The van der Waals surface area contributed by atoms with E-state index in [1.165, 1.54) is 0 Å². The summed E-state index contributed by atoms with van der Waals surface area (Å²) < 4.78 is 59.9. The van der Waals surface area contributed by atoms with E-state index in [2.05, 4.69) is 0 Å². The van der Waals surface area contributed by atoms with Crippen LogP contribution in [0.2, 0.25) is 0 Å². The highest BCUT2D eigenvalue weighted by molar-refractivity contribution is 7.91. The molecule has 1 rings (SSSR count). The van der Waals surface area contributed by atoms with Crippen molar-refractivity contribution in [1.82, 2.24) is 4.72 Å². The monoisotopic (exact) mass is 319 g/mol. The van der Waals surface area contributed by atoms with Gasteiger partial charge in [-0.3, -0.25) is 10.1 Å². The van der Waals surface area contributed by atoms with Crippen LogP contribution in [-0.2, 0) is 10.0 Å². The van der Waals surface area contributed by atoms with Crippen LogP contribution in [-0.4, -0.2) is 26.1 Å². The van der Waals surface area contributed by atoms with E-state index < -0.39 is 44.0 Å². The normalized spacial score (nSPS) is 12.6. The van der Waals surface area contributed by atoms with Crippen molar-refractivity contribution in [2.75, 3.05) is 12.3 Å². The minimum Gasteiger partial charge on any atom is -0.385 e. The summed E-state index contributed by atoms with van der Waals surface area (Å²) in [5, 5.41) is 10.1. The number of nitrogens with one attached hydrogen (secondary N) is 1. The van der Waals surface area contributed by atoms with Gasteiger partial charge in [-0.05, 0) is 0 Å². The van der Waals surface area contributed by atoms with E-state index in [4.69, 9.17) is 5.73 Å². The molecule has 0 atom stereocenters. The minimum absolute atomic E-state index is 0.332. The molecule has 0 aliphatic carbocycles. The Morgan fingerprint density at radius 1 is 1.47 bits per heavy atom. The van der Waals surface area contributed by atoms with Crippen molar-refractivity contribution in [3.8, 4) is 0 Å². The van der Waals surface area contributed by atoms with Gasteiger partial charge in [-0.15, -0.1) is 0 Å².